The molecule has 164 valence electrons. The Kier molecular flexibility index (Phi) is 8.25. The molecule has 2 N–H and O–H groups in total. The third kappa shape index (κ3) is 6.21. The van der Waals surface area contributed by atoms with Gasteiger partial charge >= 0.3 is 0 Å². The molecule has 0 aliphatic rings. The van der Waals surface area contributed by atoms with Crippen LogP contribution in [0, 0.1) is 0 Å². The molecule has 2 aromatic carbocycles. The Morgan fingerprint density at radius 3 is 2.17 bits per heavy atom. The van der Waals surface area contributed by atoms with Crippen LogP contribution >= 0.6 is 0 Å². The second-order valence-corrected chi connectivity index (χ2v) is 9.19. The van der Waals surface area contributed by atoms with Crippen molar-refractivity contribution in [3.63, 3.8) is 0 Å². The summed E-state index contributed by atoms with van der Waals surface area (Å²) in [4.78, 5) is 14.7. The number of methoxy groups -OCH3 is 1. The van der Waals surface area contributed by atoms with Crippen LogP contribution in [-0.4, -0.2) is 51.5 Å². The van der Waals surface area contributed by atoms with Gasteiger partial charge in [0.05, 0.1) is 17.7 Å². The van der Waals surface area contributed by atoms with Crippen LogP contribution in [0.4, 0.5) is 5.69 Å². The fraction of sp³-hybridized carbons (Fsp3) is 0.409. The molecule has 0 fully saturated rings. The van der Waals surface area contributed by atoms with Gasteiger partial charge in [0.25, 0.3) is 15.9 Å². The van der Waals surface area contributed by atoms with E-state index in [1.54, 1.807) is 24.3 Å². The Morgan fingerprint density at radius 1 is 1.00 bits per heavy atom. The number of sulfonamides is 1. The first kappa shape index (κ1) is 23.7. The zero-order chi connectivity index (χ0) is 22.3. The van der Waals surface area contributed by atoms with Crippen molar-refractivity contribution in [1.82, 2.24) is 10.2 Å². The number of hydrogen-bond acceptors (Lipinski definition) is 5. The van der Waals surface area contributed by atoms with E-state index in [4.69, 9.17) is 4.74 Å². The lowest BCUT2D eigenvalue weighted by molar-refractivity contribution is 0.0939. The number of para-hydroxylation sites is 2. The minimum absolute atomic E-state index is 0.0655. The molecule has 7 nitrogen and oxygen atoms in total. The summed E-state index contributed by atoms with van der Waals surface area (Å²) in [6.45, 7) is 9.77. The van der Waals surface area contributed by atoms with Crippen molar-refractivity contribution in [2.75, 3.05) is 24.9 Å². The Balaban J connectivity index is 2.02. The van der Waals surface area contributed by atoms with E-state index in [1.165, 1.54) is 31.4 Å². The molecule has 0 saturated carbocycles. The summed E-state index contributed by atoms with van der Waals surface area (Å²) in [5, 5.41) is 2.89. The van der Waals surface area contributed by atoms with Crippen molar-refractivity contribution >= 4 is 21.6 Å². The lowest BCUT2D eigenvalue weighted by Gasteiger charge is -2.30. The number of carbonyl (C=O) groups excluding carboxylic acids is 1. The average molecular weight is 434 g/mol. The van der Waals surface area contributed by atoms with Crippen molar-refractivity contribution in [2.45, 2.75) is 44.7 Å². The third-order valence-corrected chi connectivity index (χ3v) is 6.14. The Hall–Kier alpha value is -2.58. The molecule has 0 heterocycles. The fourth-order valence-electron chi connectivity index (χ4n) is 3.23. The van der Waals surface area contributed by atoms with Gasteiger partial charge in [0, 0.05) is 30.7 Å². The summed E-state index contributed by atoms with van der Waals surface area (Å²) >= 11 is 0. The van der Waals surface area contributed by atoms with Crippen LogP contribution in [0.15, 0.2) is 53.4 Å². The monoisotopic (exact) mass is 433 g/mol. The van der Waals surface area contributed by atoms with E-state index in [9.17, 15) is 13.2 Å². The highest BCUT2D eigenvalue weighted by Gasteiger charge is 2.18. The van der Waals surface area contributed by atoms with Crippen LogP contribution < -0.4 is 14.8 Å². The van der Waals surface area contributed by atoms with Gasteiger partial charge in [0.15, 0.2) is 0 Å². The standard InChI is InChI=1S/C22H31N3O4S/c1-16(2)25(17(3)4)15-14-23-22(26)18-10-12-19(13-11-18)30(27,28)24-20-8-6-7-9-21(20)29-5/h6-13,16-17,24H,14-15H2,1-5H3,(H,23,26). The molecule has 1 amide bonds. The van der Waals surface area contributed by atoms with Crippen molar-refractivity contribution < 1.29 is 17.9 Å². The van der Waals surface area contributed by atoms with Gasteiger partial charge in [-0.25, -0.2) is 8.42 Å². The van der Waals surface area contributed by atoms with Crippen LogP contribution in [-0.2, 0) is 10.0 Å². The molecule has 0 aromatic heterocycles. The number of hydrogen-bond donors (Lipinski definition) is 2. The van der Waals surface area contributed by atoms with Gasteiger partial charge in [-0.2, -0.15) is 0 Å². The van der Waals surface area contributed by atoms with Crippen molar-refractivity contribution in [3.8, 4) is 5.75 Å². The van der Waals surface area contributed by atoms with Gasteiger partial charge in [-0.05, 0) is 64.1 Å². The van der Waals surface area contributed by atoms with E-state index in [-0.39, 0.29) is 10.8 Å². The molecule has 0 aliphatic heterocycles. The van der Waals surface area contributed by atoms with Crippen LogP contribution in [0.25, 0.3) is 0 Å². The Labute approximate surface area is 179 Å². The highest BCUT2D eigenvalue weighted by Crippen LogP contribution is 2.26. The van der Waals surface area contributed by atoms with Gasteiger partial charge in [-0.1, -0.05) is 12.1 Å². The van der Waals surface area contributed by atoms with E-state index in [2.05, 4.69) is 42.6 Å². The van der Waals surface area contributed by atoms with Crippen LogP contribution in [0.1, 0.15) is 38.1 Å². The van der Waals surface area contributed by atoms with Crippen LogP contribution in [0.3, 0.4) is 0 Å². The highest BCUT2D eigenvalue weighted by molar-refractivity contribution is 7.92. The van der Waals surface area contributed by atoms with Crippen LogP contribution in [0.2, 0.25) is 0 Å². The number of carbonyl (C=O) groups is 1. The quantitative estimate of drug-likeness (QED) is 0.600. The Morgan fingerprint density at radius 2 is 1.60 bits per heavy atom. The van der Waals surface area contributed by atoms with Gasteiger partial charge in [0.1, 0.15) is 5.75 Å². The summed E-state index contributed by atoms with van der Waals surface area (Å²) < 4.78 is 33.0. The SMILES string of the molecule is COc1ccccc1NS(=O)(=O)c1ccc(C(=O)NCCN(C(C)C)C(C)C)cc1. The van der Waals surface area contributed by atoms with Gasteiger partial charge in [0.2, 0.25) is 0 Å². The second kappa shape index (κ2) is 10.4. The summed E-state index contributed by atoms with van der Waals surface area (Å²) in [6, 6.07) is 13.4. The van der Waals surface area contributed by atoms with Crippen molar-refractivity contribution in [3.05, 3.63) is 54.1 Å². The first-order valence-electron chi connectivity index (χ1n) is 9.95. The highest BCUT2D eigenvalue weighted by atomic mass is 32.2. The smallest absolute Gasteiger partial charge is 0.262 e. The molecule has 0 aliphatic carbocycles. The average Bonchev–Trinajstić information content (AvgIpc) is 2.70. The maximum Gasteiger partial charge on any atom is 0.262 e. The molecule has 8 heteroatoms. The molecule has 2 rings (SSSR count). The topological polar surface area (TPSA) is 87.7 Å². The molecular formula is C22H31N3O4S. The maximum absolute atomic E-state index is 12.7. The Bertz CT molecular complexity index is 933. The molecule has 2 aromatic rings. The minimum atomic E-state index is -3.80. The van der Waals surface area contributed by atoms with E-state index in [1.807, 2.05) is 0 Å². The predicted octanol–water partition coefficient (Wildman–Crippen LogP) is 3.34. The zero-order valence-corrected chi connectivity index (χ0v) is 19.0. The number of nitrogens with one attached hydrogen (secondary N) is 2. The lowest BCUT2D eigenvalue weighted by atomic mass is 10.2. The van der Waals surface area contributed by atoms with E-state index in [0.717, 1.165) is 6.54 Å². The van der Waals surface area contributed by atoms with Gasteiger partial charge < -0.3 is 10.1 Å². The van der Waals surface area contributed by atoms with Crippen LogP contribution in [0.5, 0.6) is 5.75 Å². The summed E-state index contributed by atoms with van der Waals surface area (Å²) in [5.74, 6) is 0.193. The molecule has 0 atom stereocenters. The number of ether oxygens (including phenoxy) is 1. The maximum atomic E-state index is 12.7. The molecular weight excluding hydrogens is 402 g/mol. The summed E-state index contributed by atoms with van der Waals surface area (Å²) in [7, 11) is -2.33. The third-order valence-electron chi connectivity index (χ3n) is 4.76. The largest absolute Gasteiger partial charge is 0.495 e. The van der Waals surface area contributed by atoms with E-state index >= 15 is 0 Å². The second-order valence-electron chi connectivity index (χ2n) is 7.51. The summed E-state index contributed by atoms with van der Waals surface area (Å²) in [5.41, 5.74) is 0.758. The molecule has 30 heavy (non-hydrogen) atoms. The summed E-state index contributed by atoms with van der Waals surface area (Å²) in [6.07, 6.45) is 0. The number of amides is 1. The number of nitrogens with zero attached hydrogens (tertiary/aromatic N) is 1. The number of anilines is 1. The first-order valence-corrected chi connectivity index (χ1v) is 11.4. The van der Waals surface area contributed by atoms with E-state index < -0.39 is 10.0 Å². The predicted molar refractivity (Wildman–Crippen MR) is 120 cm³/mol. The molecule has 0 spiro atoms. The zero-order valence-electron chi connectivity index (χ0n) is 18.2. The first-order chi connectivity index (χ1) is 14.2. The number of benzene rings is 2. The number of rotatable bonds is 10. The van der Waals surface area contributed by atoms with Crippen molar-refractivity contribution in [1.29, 1.82) is 0 Å². The normalized spacial score (nSPS) is 11.7. The fourth-order valence-corrected chi connectivity index (χ4v) is 4.30. The van der Waals surface area contributed by atoms with Crippen molar-refractivity contribution in [2.24, 2.45) is 0 Å². The van der Waals surface area contributed by atoms with E-state index in [0.29, 0.717) is 35.6 Å². The lowest BCUT2D eigenvalue weighted by Crippen LogP contribution is -2.42. The molecule has 0 saturated heterocycles. The molecule has 0 bridgehead atoms. The van der Waals surface area contributed by atoms with Gasteiger partial charge in [-0.3, -0.25) is 14.4 Å². The minimum Gasteiger partial charge on any atom is -0.495 e. The molecule has 0 unspecified atom stereocenters. The molecule has 0 radical (unpaired) electrons. The van der Waals surface area contributed by atoms with Gasteiger partial charge in [-0.15, -0.1) is 0 Å².